The lowest BCUT2D eigenvalue weighted by Crippen LogP contribution is -2.52. The van der Waals surface area contributed by atoms with Crippen molar-refractivity contribution in [3.05, 3.63) is 36.4 Å². The Hall–Kier alpha value is -1.34. The maximum Gasteiger partial charge on any atom is 0.244 e. The number of ether oxygens (including phenoxy) is 1. The molecule has 1 saturated heterocycles. The van der Waals surface area contributed by atoms with E-state index < -0.39 is 10.0 Å². The third kappa shape index (κ3) is 3.17. The number of rotatable bonds is 3. The molecule has 0 bridgehead atoms. The summed E-state index contributed by atoms with van der Waals surface area (Å²) in [6, 6.07) is 10.8. The summed E-state index contributed by atoms with van der Waals surface area (Å²) >= 11 is 0. The van der Waals surface area contributed by atoms with Gasteiger partial charge in [0.1, 0.15) is 5.75 Å². The van der Waals surface area contributed by atoms with Gasteiger partial charge in [0, 0.05) is 36.4 Å². The van der Waals surface area contributed by atoms with E-state index in [1.165, 1.54) is 0 Å². The molecule has 2 aromatic carbocycles. The Kier molecular flexibility index (Phi) is 5.52. The van der Waals surface area contributed by atoms with Crippen molar-refractivity contribution in [2.45, 2.75) is 17.9 Å². The zero-order valence-electron chi connectivity index (χ0n) is 13.2. The summed E-state index contributed by atoms with van der Waals surface area (Å²) in [6.07, 6.45) is 0. The fourth-order valence-corrected chi connectivity index (χ4v) is 4.78. The zero-order chi connectivity index (χ0) is 15.7. The van der Waals surface area contributed by atoms with Crippen molar-refractivity contribution in [2.75, 3.05) is 26.7 Å². The van der Waals surface area contributed by atoms with E-state index >= 15 is 0 Å². The van der Waals surface area contributed by atoms with Gasteiger partial charge in [0.25, 0.3) is 0 Å². The Labute approximate surface area is 143 Å². The number of nitrogens with one attached hydrogen (secondary N) is 1. The fourth-order valence-electron chi connectivity index (χ4n) is 2.95. The number of piperazine rings is 1. The summed E-state index contributed by atoms with van der Waals surface area (Å²) in [5.74, 6) is 0.683. The molecule has 1 aliphatic heterocycles. The molecule has 1 unspecified atom stereocenters. The van der Waals surface area contributed by atoms with Gasteiger partial charge in [-0.2, -0.15) is 4.31 Å². The molecule has 5 nitrogen and oxygen atoms in total. The molecule has 0 aromatic heterocycles. The van der Waals surface area contributed by atoms with Crippen LogP contribution in [0.4, 0.5) is 0 Å². The summed E-state index contributed by atoms with van der Waals surface area (Å²) < 4.78 is 33.1. The van der Waals surface area contributed by atoms with Crippen LogP contribution in [0.15, 0.2) is 41.3 Å². The van der Waals surface area contributed by atoms with Gasteiger partial charge in [0.15, 0.2) is 0 Å². The van der Waals surface area contributed by atoms with E-state index in [-0.39, 0.29) is 18.4 Å². The van der Waals surface area contributed by atoms with Crippen molar-refractivity contribution in [2.24, 2.45) is 0 Å². The second-order valence-electron chi connectivity index (χ2n) is 5.48. The molecule has 1 aliphatic rings. The van der Waals surface area contributed by atoms with E-state index in [0.29, 0.717) is 35.7 Å². The van der Waals surface area contributed by atoms with E-state index in [1.54, 1.807) is 23.5 Å². The average Bonchev–Trinajstić information content (AvgIpc) is 2.54. The minimum atomic E-state index is -3.53. The van der Waals surface area contributed by atoms with E-state index in [0.717, 1.165) is 5.39 Å². The molecular weight excluding hydrogens is 336 g/mol. The number of hydrogen-bond acceptors (Lipinski definition) is 4. The van der Waals surface area contributed by atoms with Gasteiger partial charge in [0.05, 0.1) is 12.0 Å². The summed E-state index contributed by atoms with van der Waals surface area (Å²) in [4.78, 5) is 0.345. The van der Waals surface area contributed by atoms with E-state index in [2.05, 4.69) is 5.32 Å². The molecule has 126 valence electrons. The van der Waals surface area contributed by atoms with Crippen LogP contribution in [-0.2, 0) is 10.0 Å². The third-order valence-electron chi connectivity index (χ3n) is 4.09. The highest BCUT2D eigenvalue weighted by molar-refractivity contribution is 7.89. The maximum atomic E-state index is 13.1. The van der Waals surface area contributed by atoms with Gasteiger partial charge in [-0.05, 0) is 19.1 Å². The first-order chi connectivity index (χ1) is 10.6. The molecule has 23 heavy (non-hydrogen) atoms. The largest absolute Gasteiger partial charge is 0.496 e. The Morgan fingerprint density at radius 1 is 1.17 bits per heavy atom. The molecular formula is C16H21ClN2O3S. The minimum Gasteiger partial charge on any atom is -0.496 e. The van der Waals surface area contributed by atoms with Gasteiger partial charge in [0.2, 0.25) is 10.0 Å². The SMILES string of the molecule is COc1ccc(S(=O)(=O)N2CCNCC2C)c2ccccc12.Cl. The molecule has 0 spiro atoms. The first kappa shape index (κ1) is 18.0. The van der Waals surface area contributed by atoms with Gasteiger partial charge in [-0.1, -0.05) is 24.3 Å². The fraction of sp³-hybridized carbons (Fsp3) is 0.375. The third-order valence-corrected chi connectivity index (χ3v) is 6.16. The number of nitrogens with zero attached hydrogens (tertiary/aromatic N) is 1. The lowest BCUT2D eigenvalue weighted by molar-refractivity contribution is 0.284. The highest BCUT2D eigenvalue weighted by atomic mass is 35.5. The van der Waals surface area contributed by atoms with Crippen LogP contribution >= 0.6 is 12.4 Å². The predicted octanol–water partition coefficient (Wildman–Crippen LogP) is 2.25. The van der Waals surface area contributed by atoms with Crippen LogP contribution in [0.3, 0.4) is 0 Å². The van der Waals surface area contributed by atoms with Gasteiger partial charge in [-0.25, -0.2) is 8.42 Å². The van der Waals surface area contributed by atoms with Crippen molar-refractivity contribution in [3.8, 4) is 5.75 Å². The molecule has 1 N–H and O–H groups in total. The van der Waals surface area contributed by atoms with Gasteiger partial charge in [-0.15, -0.1) is 12.4 Å². The minimum absolute atomic E-state index is 0. The number of sulfonamides is 1. The molecule has 3 rings (SSSR count). The van der Waals surface area contributed by atoms with E-state index in [1.807, 2.05) is 31.2 Å². The topological polar surface area (TPSA) is 58.6 Å². The van der Waals surface area contributed by atoms with Crippen molar-refractivity contribution in [3.63, 3.8) is 0 Å². The predicted molar refractivity (Wildman–Crippen MR) is 94.0 cm³/mol. The van der Waals surface area contributed by atoms with Crippen molar-refractivity contribution >= 4 is 33.2 Å². The number of hydrogen-bond donors (Lipinski definition) is 1. The Bertz CT molecular complexity index is 795. The van der Waals surface area contributed by atoms with Crippen LogP contribution in [-0.4, -0.2) is 45.5 Å². The lowest BCUT2D eigenvalue weighted by atomic mass is 10.1. The van der Waals surface area contributed by atoms with Gasteiger partial charge < -0.3 is 10.1 Å². The molecule has 0 amide bonds. The molecule has 0 radical (unpaired) electrons. The smallest absolute Gasteiger partial charge is 0.244 e. The second kappa shape index (κ2) is 7.05. The van der Waals surface area contributed by atoms with Crippen LogP contribution in [0.1, 0.15) is 6.92 Å². The Balaban J connectivity index is 0.00000192. The molecule has 1 atom stereocenters. The summed E-state index contributed by atoms with van der Waals surface area (Å²) in [7, 11) is -1.93. The van der Waals surface area contributed by atoms with Crippen LogP contribution in [0.5, 0.6) is 5.75 Å². The second-order valence-corrected chi connectivity index (χ2v) is 7.34. The molecule has 0 saturated carbocycles. The van der Waals surface area contributed by atoms with Crippen molar-refractivity contribution in [1.82, 2.24) is 9.62 Å². The quantitative estimate of drug-likeness (QED) is 0.916. The van der Waals surface area contributed by atoms with Crippen molar-refractivity contribution in [1.29, 1.82) is 0 Å². The van der Waals surface area contributed by atoms with Crippen molar-refractivity contribution < 1.29 is 13.2 Å². The summed E-state index contributed by atoms with van der Waals surface area (Å²) in [5.41, 5.74) is 0. The van der Waals surface area contributed by atoms with E-state index in [4.69, 9.17) is 4.74 Å². The molecule has 1 heterocycles. The van der Waals surface area contributed by atoms with Crippen LogP contribution < -0.4 is 10.1 Å². The van der Waals surface area contributed by atoms with Gasteiger partial charge >= 0.3 is 0 Å². The molecule has 1 fully saturated rings. The normalized spacial score (nSPS) is 19.3. The first-order valence-corrected chi connectivity index (χ1v) is 8.78. The van der Waals surface area contributed by atoms with Gasteiger partial charge in [-0.3, -0.25) is 0 Å². The zero-order valence-corrected chi connectivity index (χ0v) is 14.8. The lowest BCUT2D eigenvalue weighted by Gasteiger charge is -2.33. The Morgan fingerprint density at radius 3 is 2.52 bits per heavy atom. The highest BCUT2D eigenvalue weighted by Crippen LogP contribution is 2.32. The number of fused-ring (bicyclic) bond motifs is 1. The summed E-state index contributed by atoms with van der Waals surface area (Å²) in [6.45, 7) is 3.77. The first-order valence-electron chi connectivity index (χ1n) is 7.34. The number of halogens is 1. The number of methoxy groups -OCH3 is 1. The molecule has 2 aromatic rings. The molecule has 7 heteroatoms. The standard InChI is InChI=1S/C16H20N2O3S.ClH/c1-12-11-17-9-10-18(12)22(19,20)16-8-7-15(21-2)13-5-3-4-6-14(13)16;/h3-8,12,17H,9-11H2,1-2H3;1H. The van der Waals surface area contributed by atoms with Crippen LogP contribution in [0.2, 0.25) is 0 Å². The maximum absolute atomic E-state index is 13.1. The Morgan fingerprint density at radius 2 is 1.87 bits per heavy atom. The van der Waals surface area contributed by atoms with Crippen LogP contribution in [0.25, 0.3) is 10.8 Å². The van der Waals surface area contributed by atoms with Crippen LogP contribution in [0, 0.1) is 0 Å². The number of benzene rings is 2. The highest BCUT2D eigenvalue weighted by Gasteiger charge is 2.32. The van der Waals surface area contributed by atoms with E-state index in [9.17, 15) is 8.42 Å². The summed E-state index contributed by atoms with van der Waals surface area (Å²) in [5, 5.41) is 4.73. The average molecular weight is 357 g/mol. The molecule has 0 aliphatic carbocycles. The monoisotopic (exact) mass is 356 g/mol.